The highest BCUT2D eigenvalue weighted by Gasteiger charge is 2.08. The van der Waals surface area contributed by atoms with Gasteiger partial charge in [-0.1, -0.05) is 12.1 Å². The molecule has 2 rings (SSSR count). The summed E-state index contributed by atoms with van der Waals surface area (Å²) in [5, 5.41) is 5.39. The number of carbonyl (C=O) groups is 1. The van der Waals surface area contributed by atoms with Gasteiger partial charge < -0.3 is 20.3 Å². The molecule has 0 atom stereocenters. The van der Waals surface area contributed by atoms with Crippen LogP contribution in [0.15, 0.2) is 42.5 Å². The molecule has 0 radical (unpaired) electrons. The number of methoxy groups -OCH3 is 1. The van der Waals surface area contributed by atoms with E-state index in [-0.39, 0.29) is 11.8 Å². The molecule has 0 aliphatic rings. The number of halogens is 1. The second-order valence-corrected chi connectivity index (χ2v) is 5.21. The SMILES string of the molecule is COc1cc(F)ccc1NC(=O)NCc1ccc(N(C)C)cc1. The summed E-state index contributed by atoms with van der Waals surface area (Å²) in [4.78, 5) is 13.9. The van der Waals surface area contributed by atoms with Crippen molar-refractivity contribution in [1.29, 1.82) is 0 Å². The van der Waals surface area contributed by atoms with Gasteiger partial charge in [-0.2, -0.15) is 0 Å². The first-order valence-electron chi connectivity index (χ1n) is 7.14. The van der Waals surface area contributed by atoms with Gasteiger partial charge in [-0.05, 0) is 29.8 Å². The predicted molar refractivity (Wildman–Crippen MR) is 89.6 cm³/mol. The van der Waals surface area contributed by atoms with Gasteiger partial charge in [-0.25, -0.2) is 9.18 Å². The molecule has 0 aliphatic carbocycles. The summed E-state index contributed by atoms with van der Waals surface area (Å²) in [7, 11) is 5.36. The smallest absolute Gasteiger partial charge is 0.319 e. The van der Waals surface area contributed by atoms with Crippen LogP contribution in [0.1, 0.15) is 5.56 Å². The molecule has 0 saturated heterocycles. The second kappa shape index (κ2) is 7.49. The van der Waals surface area contributed by atoms with Crippen LogP contribution in [0, 0.1) is 5.82 Å². The van der Waals surface area contributed by atoms with Crippen LogP contribution in [0.5, 0.6) is 5.75 Å². The summed E-state index contributed by atoms with van der Waals surface area (Å²) in [6.45, 7) is 0.392. The quantitative estimate of drug-likeness (QED) is 0.890. The number of nitrogens with zero attached hydrogens (tertiary/aromatic N) is 1. The predicted octanol–water partition coefficient (Wildman–Crippen LogP) is 3.22. The zero-order valence-electron chi connectivity index (χ0n) is 13.4. The fourth-order valence-electron chi connectivity index (χ4n) is 2.03. The molecular weight excluding hydrogens is 297 g/mol. The molecule has 0 aromatic heterocycles. The van der Waals surface area contributed by atoms with E-state index >= 15 is 0 Å². The lowest BCUT2D eigenvalue weighted by atomic mass is 10.2. The molecule has 2 aromatic carbocycles. The van der Waals surface area contributed by atoms with E-state index in [1.54, 1.807) is 0 Å². The minimum absolute atomic E-state index is 0.274. The van der Waals surface area contributed by atoms with Crippen LogP contribution in [-0.4, -0.2) is 27.2 Å². The fourth-order valence-corrected chi connectivity index (χ4v) is 2.03. The summed E-state index contributed by atoms with van der Waals surface area (Å²) in [5.74, 6) is -0.149. The monoisotopic (exact) mass is 317 g/mol. The van der Waals surface area contributed by atoms with Crippen LogP contribution in [0.25, 0.3) is 0 Å². The topological polar surface area (TPSA) is 53.6 Å². The third-order valence-corrected chi connectivity index (χ3v) is 3.32. The Kier molecular flexibility index (Phi) is 5.41. The van der Waals surface area contributed by atoms with Crippen molar-refractivity contribution in [3.63, 3.8) is 0 Å². The van der Waals surface area contributed by atoms with Gasteiger partial charge in [-0.3, -0.25) is 0 Å². The van der Waals surface area contributed by atoms with E-state index in [1.165, 1.54) is 25.3 Å². The first kappa shape index (κ1) is 16.6. The van der Waals surface area contributed by atoms with E-state index < -0.39 is 5.82 Å². The van der Waals surface area contributed by atoms with Crippen molar-refractivity contribution in [3.8, 4) is 5.75 Å². The zero-order chi connectivity index (χ0) is 16.8. The third kappa shape index (κ3) is 4.60. The Morgan fingerprint density at radius 2 is 1.87 bits per heavy atom. The van der Waals surface area contributed by atoms with Crippen LogP contribution < -0.4 is 20.3 Å². The highest BCUT2D eigenvalue weighted by atomic mass is 19.1. The van der Waals surface area contributed by atoms with Gasteiger partial charge in [0, 0.05) is 32.4 Å². The summed E-state index contributed by atoms with van der Waals surface area (Å²) < 4.78 is 18.2. The molecule has 6 heteroatoms. The van der Waals surface area contributed by atoms with Gasteiger partial charge in [0.25, 0.3) is 0 Å². The average Bonchev–Trinajstić information content (AvgIpc) is 2.55. The van der Waals surface area contributed by atoms with Crippen LogP contribution in [0.2, 0.25) is 0 Å². The standard InChI is InChI=1S/C17H20FN3O2/c1-21(2)14-7-4-12(5-8-14)11-19-17(22)20-15-9-6-13(18)10-16(15)23-3/h4-10H,11H2,1-3H3,(H2,19,20,22). The van der Waals surface area contributed by atoms with Gasteiger partial charge in [0.1, 0.15) is 11.6 Å². The average molecular weight is 317 g/mol. The van der Waals surface area contributed by atoms with Crippen LogP contribution in [-0.2, 0) is 6.54 Å². The van der Waals surface area contributed by atoms with Crippen LogP contribution >= 0.6 is 0 Å². The molecule has 0 fully saturated rings. The van der Waals surface area contributed by atoms with E-state index in [0.717, 1.165) is 11.3 Å². The molecule has 0 heterocycles. The van der Waals surface area contributed by atoms with Crippen LogP contribution in [0.3, 0.4) is 0 Å². The van der Waals surface area contributed by atoms with Crippen molar-refractivity contribution >= 4 is 17.4 Å². The van der Waals surface area contributed by atoms with Crippen molar-refractivity contribution < 1.29 is 13.9 Å². The van der Waals surface area contributed by atoms with Crippen molar-refractivity contribution in [2.24, 2.45) is 0 Å². The van der Waals surface area contributed by atoms with Crippen molar-refractivity contribution in [2.75, 3.05) is 31.4 Å². The Balaban J connectivity index is 1.92. The number of carbonyl (C=O) groups excluding carboxylic acids is 1. The number of benzene rings is 2. The third-order valence-electron chi connectivity index (χ3n) is 3.32. The lowest BCUT2D eigenvalue weighted by molar-refractivity contribution is 0.251. The summed E-state index contributed by atoms with van der Waals surface area (Å²) in [5.41, 5.74) is 2.49. The molecule has 0 spiro atoms. The number of rotatable bonds is 5. The van der Waals surface area contributed by atoms with Crippen molar-refractivity contribution in [1.82, 2.24) is 5.32 Å². The molecule has 122 valence electrons. The Morgan fingerprint density at radius 1 is 1.17 bits per heavy atom. The summed E-state index contributed by atoms with van der Waals surface area (Å²) in [6.07, 6.45) is 0. The molecule has 2 amide bonds. The van der Waals surface area contributed by atoms with Gasteiger partial charge >= 0.3 is 6.03 Å². The Morgan fingerprint density at radius 3 is 2.48 bits per heavy atom. The molecule has 0 unspecified atom stereocenters. The minimum Gasteiger partial charge on any atom is -0.494 e. The lowest BCUT2D eigenvalue weighted by Crippen LogP contribution is -2.28. The molecule has 23 heavy (non-hydrogen) atoms. The number of urea groups is 1. The van der Waals surface area contributed by atoms with Crippen molar-refractivity contribution in [2.45, 2.75) is 6.54 Å². The van der Waals surface area contributed by atoms with E-state index in [4.69, 9.17) is 4.74 Å². The van der Waals surface area contributed by atoms with Crippen molar-refractivity contribution in [3.05, 3.63) is 53.8 Å². The number of anilines is 2. The van der Waals surface area contributed by atoms with Crippen LogP contribution in [0.4, 0.5) is 20.6 Å². The Labute approximate surface area is 135 Å². The summed E-state index contributed by atoms with van der Waals surface area (Å²) >= 11 is 0. The van der Waals surface area contributed by atoms with Gasteiger partial charge in [0.15, 0.2) is 0 Å². The molecule has 2 N–H and O–H groups in total. The van der Waals surface area contributed by atoms with Gasteiger partial charge in [0.05, 0.1) is 12.8 Å². The largest absolute Gasteiger partial charge is 0.494 e. The maximum atomic E-state index is 13.1. The Hall–Kier alpha value is -2.76. The van der Waals surface area contributed by atoms with Gasteiger partial charge in [-0.15, -0.1) is 0 Å². The van der Waals surface area contributed by atoms with E-state index in [1.807, 2.05) is 43.3 Å². The molecule has 2 aromatic rings. The van der Waals surface area contributed by atoms with E-state index in [9.17, 15) is 9.18 Å². The number of amides is 2. The fraction of sp³-hybridized carbons (Fsp3) is 0.235. The first-order chi connectivity index (χ1) is 11.0. The first-order valence-corrected chi connectivity index (χ1v) is 7.14. The molecular formula is C17H20FN3O2. The number of hydrogen-bond acceptors (Lipinski definition) is 3. The van der Waals surface area contributed by atoms with E-state index in [0.29, 0.717) is 12.2 Å². The number of nitrogens with one attached hydrogen (secondary N) is 2. The Bertz CT molecular complexity index is 672. The van der Waals surface area contributed by atoms with E-state index in [2.05, 4.69) is 10.6 Å². The molecule has 0 aliphatic heterocycles. The summed E-state index contributed by atoms with van der Waals surface area (Å²) in [6, 6.07) is 11.4. The zero-order valence-corrected chi connectivity index (χ0v) is 13.4. The molecule has 0 saturated carbocycles. The minimum atomic E-state index is -0.422. The lowest BCUT2D eigenvalue weighted by Gasteiger charge is -2.13. The maximum Gasteiger partial charge on any atom is 0.319 e. The second-order valence-electron chi connectivity index (χ2n) is 5.21. The number of hydrogen-bond donors (Lipinski definition) is 2. The molecule has 0 bridgehead atoms. The highest BCUT2D eigenvalue weighted by Crippen LogP contribution is 2.24. The number of ether oxygens (including phenoxy) is 1. The van der Waals surface area contributed by atoms with Gasteiger partial charge in [0.2, 0.25) is 0 Å². The maximum absolute atomic E-state index is 13.1. The normalized spacial score (nSPS) is 10.1. The molecule has 5 nitrogen and oxygen atoms in total. The highest BCUT2D eigenvalue weighted by molar-refractivity contribution is 5.90.